The Balaban J connectivity index is 1.77. The first kappa shape index (κ1) is 20.3. The molecule has 9 heteroatoms. The number of hydrogen-bond acceptors (Lipinski definition) is 5. The van der Waals surface area contributed by atoms with Gasteiger partial charge < -0.3 is 5.11 Å². The molecule has 3 aromatic rings. The topological polar surface area (TPSA) is 99.1 Å². The minimum atomic E-state index is -3.83. The number of carbonyl (C=O) groups excluding carboxylic acids is 1. The zero-order chi connectivity index (χ0) is 21.0. The van der Waals surface area contributed by atoms with E-state index in [2.05, 4.69) is 10.5 Å². The molecule has 0 aliphatic rings. The van der Waals surface area contributed by atoms with Crippen LogP contribution in [0, 0.1) is 5.82 Å². The second kappa shape index (κ2) is 8.27. The van der Waals surface area contributed by atoms with E-state index >= 15 is 0 Å². The van der Waals surface area contributed by atoms with Crippen molar-refractivity contribution in [3.8, 4) is 5.75 Å². The molecule has 0 unspecified atom stereocenters. The Morgan fingerprint density at radius 1 is 1.17 bits per heavy atom. The second-order valence-electron chi connectivity index (χ2n) is 6.26. The minimum absolute atomic E-state index is 0.0146. The van der Waals surface area contributed by atoms with Gasteiger partial charge in [-0.15, -0.1) is 0 Å². The lowest BCUT2D eigenvalue weighted by Crippen LogP contribution is -2.39. The lowest BCUT2D eigenvalue weighted by atomic mass is 10.0. The zero-order valence-electron chi connectivity index (χ0n) is 15.4. The predicted molar refractivity (Wildman–Crippen MR) is 110 cm³/mol. The maximum Gasteiger partial charge on any atom is 0.260 e. The molecule has 0 radical (unpaired) electrons. The number of hydrogen-bond donors (Lipinski definition) is 2. The fraction of sp³-hybridized carbons (Fsp3) is 0.100. The monoisotopic (exact) mass is 415 g/mol. The number of anilines is 1. The molecule has 0 saturated carbocycles. The van der Waals surface area contributed by atoms with E-state index in [4.69, 9.17) is 0 Å². The van der Waals surface area contributed by atoms with Crippen LogP contribution in [0.25, 0.3) is 10.8 Å². The molecule has 1 amide bonds. The molecule has 2 N–H and O–H groups in total. The summed E-state index contributed by atoms with van der Waals surface area (Å²) in [7, 11) is -3.83. The first-order chi connectivity index (χ1) is 13.8. The van der Waals surface area contributed by atoms with E-state index in [-0.39, 0.29) is 11.4 Å². The van der Waals surface area contributed by atoms with Crippen molar-refractivity contribution in [3.05, 3.63) is 72.0 Å². The summed E-state index contributed by atoms with van der Waals surface area (Å²) >= 11 is 0. The molecule has 0 heterocycles. The number of amides is 1. The summed E-state index contributed by atoms with van der Waals surface area (Å²) in [6.07, 6.45) is 2.20. The molecular weight excluding hydrogens is 397 g/mol. The Morgan fingerprint density at radius 2 is 1.93 bits per heavy atom. The SMILES string of the molecule is CS(=O)(=O)N(CC(=O)N/N=C\c1c(O)ccc2ccccc12)c1cccc(F)c1. The number of nitrogens with one attached hydrogen (secondary N) is 1. The van der Waals surface area contributed by atoms with Crippen molar-refractivity contribution in [1.82, 2.24) is 5.43 Å². The van der Waals surface area contributed by atoms with E-state index < -0.39 is 28.3 Å². The van der Waals surface area contributed by atoms with E-state index in [0.29, 0.717) is 5.56 Å². The van der Waals surface area contributed by atoms with Crippen LogP contribution in [0.1, 0.15) is 5.56 Å². The summed E-state index contributed by atoms with van der Waals surface area (Å²) in [6.45, 7) is -0.582. The normalized spacial score (nSPS) is 11.7. The molecule has 0 atom stereocenters. The Labute approximate surface area is 167 Å². The summed E-state index contributed by atoms with van der Waals surface area (Å²) in [6, 6.07) is 15.5. The number of sulfonamides is 1. The third kappa shape index (κ3) is 4.88. The molecule has 7 nitrogen and oxygen atoms in total. The van der Waals surface area contributed by atoms with Gasteiger partial charge in [0.1, 0.15) is 18.1 Å². The number of carbonyl (C=O) groups is 1. The van der Waals surface area contributed by atoms with Gasteiger partial charge in [0.25, 0.3) is 5.91 Å². The average molecular weight is 415 g/mol. The number of rotatable bonds is 6. The van der Waals surface area contributed by atoms with Gasteiger partial charge in [0.15, 0.2) is 0 Å². The van der Waals surface area contributed by atoms with E-state index in [0.717, 1.165) is 27.4 Å². The average Bonchev–Trinajstić information content (AvgIpc) is 2.67. The number of fused-ring (bicyclic) bond motifs is 1. The molecule has 0 fully saturated rings. The van der Waals surface area contributed by atoms with Crippen LogP contribution >= 0.6 is 0 Å². The van der Waals surface area contributed by atoms with Crippen LogP contribution in [0.3, 0.4) is 0 Å². The van der Waals surface area contributed by atoms with E-state index in [1.165, 1.54) is 30.5 Å². The number of aromatic hydroxyl groups is 1. The highest BCUT2D eigenvalue weighted by Gasteiger charge is 2.21. The van der Waals surface area contributed by atoms with E-state index in [1.54, 1.807) is 18.2 Å². The maximum absolute atomic E-state index is 13.4. The van der Waals surface area contributed by atoms with Crippen LogP contribution in [0.15, 0.2) is 65.8 Å². The molecule has 0 spiro atoms. The maximum atomic E-state index is 13.4. The van der Waals surface area contributed by atoms with Crippen molar-refractivity contribution in [2.24, 2.45) is 5.10 Å². The van der Waals surface area contributed by atoms with Gasteiger partial charge in [-0.2, -0.15) is 5.10 Å². The summed E-state index contributed by atoms with van der Waals surface area (Å²) in [5.74, 6) is -1.36. The molecule has 0 aliphatic carbocycles. The minimum Gasteiger partial charge on any atom is -0.507 e. The molecule has 0 saturated heterocycles. The van der Waals surface area contributed by atoms with Crippen LogP contribution in [-0.2, 0) is 14.8 Å². The van der Waals surface area contributed by atoms with Crippen LogP contribution in [0.4, 0.5) is 10.1 Å². The highest BCUT2D eigenvalue weighted by molar-refractivity contribution is 7.92. The molecule has 29 heavy (non-hydrogen) atoms. The molecule has 3 aromatic carbocycles. The summed E-state index contributed by atoms with van der Waals surface area (Å²) in [4.78, 5) is 12.2. The third-order valence-corrected chi connectivity index (χ3v) is 5.25. The van der Waals surface area contributed by atoms with Gasteiger partial charge in [-0.05, 0) is 35.0 Å². The van der Waals surface area contributed by atoms with Gasteiger partial charge in [0.05, 0.1) is 18.2 Å². The zero-order valence-corrected chi connectivity index (χ0v) is 16.2. The second-order valence-corrected chi connectivity index (χ2v) is 8.17. The van der Waals surface area contributed by atoms with Gasteiger partial charge in [-0.3, -0.25) is 9.10 Å². The highest BCUT2D eigenvalue weighted by atomic mass is 32.2. The van der Waals surface area contributed by atoms with Crippen molar-refractivity contribution in [2.75, 3.05) is 17.1 Å². The standard InChI is InChI=1S/C20H18FN3O4S/c1-29(27,28)24(16-7-4-6-15(21)11-16)13-20(26)23-22-12-18-17-8-3-2-5-14(17)9-10-19(18)25/h2-12,25H,13H2,1H3,(H,23,26)/b22-12-. The Morgan fingerprint density at radius 3 is 2.66 bits per heavy atom. The van der Waals surface area contributed by atoms with Crippen LogP contribution < -0.4 is 9.73 Å². The number of benzene rings is 3. The molecule has 0 bridgehead atoms. The third-order valence-electron chi connectivity index (χ3n) is 4.11. The molecular formula is C20H18FN3O4S. The molecule has 0 aliphatic heterocycles. The largest absolute Gasteiger partial charge is 0.507 e. The van der Waals surface area contributed by atoms with Crippen molar-refractivity contribution in [3.63, 3.8) is 0 Å². The van der Waals surface area contributed by atoms with Crippen molar-refractivity contribution in [1.29, 1.82) is 0 Å². The first-order valence-corrected chi connectivity index (χ1v) is 10.4. The molecule has 0 aromatic heterocycles. The van der Waals surface area contributed by atoms with Gasteiger partial charge in [0.2, 0.25) is 10.0 Å². The molecule has 3 rings (SSSR count). The summed E-state index contributed by atoms with van der Waals surface area (Å²) in [5.41, 5.74) is 2.67. The fourth-order valence-electron chi connectivity index (χ4n) is 2.79. The summed E-state index contributed by atoms with van der Waals surface area (Å²) in [5, 5.41) is 15.5. The van der Waals surface area contributed by atoms with Crippen molar-refractivity contribution >= 4 is 38.6 Å². The van der Waals surface area contributed by atoms with E-state index in [9.17, 15) is 22.7 Å². The first-order valence-electron chi connectivity index (χ1n) is 8.51. The fourth-order valence-corrected chi connectivity index (χ4v) is 3.63. The van der Waals surface area contributed by atoms with Crippen molar-refractivity contribution < 1.29 is 22.7 Å². The summed E-state index contributed by atoms with van der Waals surface area (Å²) < 4.78 is 38.2. The van der Waals surface area contributed by atoms with Crippen LogP contribution in [0.2, 0.25) is 0 Å². The predicted octanol–water partition coefficient (Wildman–Crippen LogP) is 2.60. The Bertz CT molecular complexity index is 1200. The van der Waals surface area contributed by atoms with Crippen LogP contribution in [-0.4, -0.2) is 38.4 Å². The van der Waals surface area contributed by atoms with E-state index in [1.807, 2.05) is 12.1 Å². The van der Waals surface area contributed by atoms with Gasteiger partial charge >= 0.3 is 0 Å². The lowest BCUT2D eigenvalue weighted by Gasteiger charge is -2.21. The lowest BCUT2D eigenvalue weighted by molar-refractivity contribution is -0.119. The number of phenols is 1. The number of halogens is 1. The smallest absolute Gasteiger partial charge is 0.260 e. The number of nitrogens with zero attached hydrogens (tertiary/aromatic N) is 2. The van der Waals surface area contributed by atoms with Gasteiger partial charge in [-0.1, -0.05) is 36.4 Å². The van der Waals surface area contributed by atoms with Gasteiger partial charge in [0, 0.05) is 5.56 Å². The number of hydrazone groups is 1. The van der Waals surface area contributed by atoms with Gasteiger partial charge in [-0.25, -0.2) is 18.2 Å². The Kier molecular flexibility index (Phi) is 5.79. The quantitative estimate of drug-likeness (QED) is 0.478. The highest BCUT2D eigenvalue weighted by Crippen LogP contribution is 2.25. The van der Waals surface area contributed by atoms with Crippen molar-refractivity contribution in [2.45, 2.75) is 0 Å². The van der Waals surface area contributed by atoms with Crippen LogP contribution in [0.5, 0.6) is 5.75 Å². The number of phenolic OH excluding ortho intramolecular Hbond substituents is 1. The molecule has 150 valence electrons. The Hall–Kier alpha value is -3.46.